The van der Waals surface area contributed by atoms with Crippen LogP contribution in [-0.4, -0.2) is 24.5 Å². The molecule has 0 fully saturated rings. The number of rotatable bonds is 4. The van der Waals surface area contributed by atoms with Gasteiger partial charge in [0, 0.05) is 12.3 Å². The summed E-state index contributed by atoms with van der Waals surface area (Å²) in [7, 11) is -4.05. The quantitative estimate of drug-likeness (QED) is 0.534. The van der Waals surface area contributed by atoms with Crippen LogP contribution < -0.4 is 0 Å². The summed E-state index contributed by atoms with van der Waals surface area (Å²) in [6.45, 7) is 2.91. The van der Waals surface area contributed by atoms with Crippen LogP contribution in [0, 0.1) is 17.8 Å². The van der Waals surface area contributed by atoms with Gasteiger partial charge in [-0.05, 0) is 13.8 Å². The summed E-state index contributed by atoms with van der Waals surface area (Å²) in [6.07, 6.45) is 0.0562. The van der Waals surface area contributed by atoms with E-state index < -0.39 is 21.8 Å². The Balaban J connectivity index is 4.42. The van der Waals surface area contributed by atoms with Crippen LogP contribution in [-0.2, 0) is 14.9 Å². The molecule has 0 aromatic carbocycles. The molecule has 0 aliphatic carbocycles. The lowest BCUT2D eigenvalue weighted by molar-refractivity contribution is -0.117. The standard InChI is InChI=1S/C8H12O4S/c1-3-4-8(5-7(2)9)6-13(10,11)12/h8H,5-6H2,1-2H3,(H,10,11,12). The Morgan fingerprint density at radius 1 is 1.54 bits per heavy atom. The van der Waals surface area contributed by atoms with Gasteiger partial charge in [-0.1, -0.05) is 5.92 Å². The van der Waals surface area contributed by atoms with Gasteiger partial charge in [-0.2, -0.15) is 8.42 Å². The molecule has 1 N–H and O–H groups in total. The minimum absolute atomic E-state index is 0.0562. The van der Waals surface area contributed by atoms with Gasteiger partial charge in [0.2, 0.25) is 0 Å². The van der Waals surface area contributed by atoms with Crippen molar-refractivity contribution in [1.29, 1.82) is 0 Å². The highest BCUT2D eigenvalue weighted by atomic mass is 32.2. The molecule has 5 heteroatoms. The second kappa shape index (κ2) is 5.00. The first-order valence-electron chi connectivity index (χ1n) is 3.72. The summed E-state index contributed by atoms with van der Waals surface area (Å²) in [5, 5.41) is 0. The second-order valence-electron chi connectivity index (χ2n) is 2.75. The van der Waals surface area contributed by atoms with Crippen LogP contribution in [0.2, 0.25) is 0 Å². The van der Waals surface area contributed by atoms with E-state index in [0.29, 0.717) is 0 Å². The lowest BCUT2D eigenvalue weighted by Crippen LogP contribution is -2.16. The fraction of sp³-hybridized carbons (Fsp3) is 0.625. The molecule has 0 aromatic heterocycles. The second-order valence-corrected chi connectivity index (χ2v) is 4.24. The molecule has 13 heavy (non-hydrogen) atoms. The van der Waals surface area contributed by atoms with Crippen LogP contribution in [0.15, 0.2) is 0 Å². The van der Waals surface area contributed by atoms with Gasteiger partial charge in [-0.25, -0.2) is 0 Å². The number of ketones is 1. The van der Waals surface area contributed by atoms with Crippen molar-refractivity contribution >= 4 is 15.9 Å². The molecule has 0 saturated carbocycles. The van der Waals surface area contributed by atoms with Crippen LogP contribution in [0.1, 0.15) is 20.3 Å². The molecule has 0 spiro atoms. The maximum Gasteiger partial charge on any atom is 0.266 e. The molecule has 0 radical (unpaired) electrons. The first-order valence-corrected chi connectivity index (χ1v) is 5.33. The van der Waals surface area contributed by atoms with E-state index in [1.165, 1.54) is 6.92 Å². The van der Waals surface area contributed by atoms with Gasteiger partial charge in [0.25, 0.3) is 10.1 Å². The van der Waals surface area contributed by atoms with Crippen molar-refractivity contribution < 1.29 is 17.8 Å². The fourth-order valence-corrected chi connectivity index (χ4v) is 1.67. The number of carbonyl (C=O) groups is 1. The van der Waals surface area contributed by atoms with Crippen molar-refractivity contribution in [3.8, 4) is 11.8 Å². The molecule has 0 bridgehead atoms. The van der Waals surface area contributed by atoms with Crippen LogP contribution in [0.3, 0.4) is 0 Å². The number of carbonyl (C=O) groups excluding carboxylic acids is 1. The third-order valence-electron chi connectivity index (χ3n) is 1.29. The van der Waals surface area contributed by atoms with Crippen LogP contribution >= 0.6 is 0 Å². The van der Waals surface area contributed by atoms with Crippen molar-refractivity contribution in [2.24, 2.45) is 5.92 Å². The van der Waals surface area contributed by atoms with Gasteiger partial charge in [-0.3, -0.25) is 9.35 Å². The zero-order valence-electron chi connectivity index (χ0n) is 7.57. The number of hydrogen-bond acceptors (Lipinski definition) is 3. The molecule has 0 aliphatic rings. The maximum atomic E-state index is 10.7. The Hall–Kier alpha value is -0.860. The number of hydrogen-bond donors (Lipinski definition) is 1. The van der Waals surface area contributed by atoms with E-state index in [4.69, 9.17) is 4.55 Å². The summed E-state index contributed by atoms with van der Waals surface area (Å²) < 4.78 is 29.5. The van der Waals surface area contributed by atoms with Gasteiger partial charge >= 0.3 is 0 Å². The minimum atomic E-state index is -4.05. The van der Waals surface area contributed by atoms with E-state index in [9.17, 15) is 13.2 Å². The predicted octanol–water partition coefficient (Wildman–Crippen LogP) is 0.493. The van der Waals surface area contributed by atoms with Gasteiger partial charge in [0.05, 0.1) is 5.75 Å². The SMILES string of the molecule is CC#CC(CC(C)=O)CS(=O)(=O)O. The van der Waals surface area contributed by atoms with Gasteiger partial charge in [-0.15, -0.1) is 5.92 Å². The highest BCUT2D eigenvalue weighted by Crippen LogP contribution is 2.05. The summed E-state index contributed by atoms with van der Waals surface area (Å²) >= 11 is 0. The topological polar surface area (TPSA) is 71.4 Å². The Morgan fingerprint density at radius 3 is 2.38 bits per heavy atom. The molecule has 4 nitrogen and oxygen atoms in total. The van der Waals surface area contributed by atoms with E-state index in [0.717, 1.165) is 0 Å². The molecule has 74 valence electrons. The highest BCUT2D eigenvalue weighted by Gasteiger charge is 2.16. The summed E-state index contributed by atoms with van der Waals surface area (Å²) in [6, 6.07) is 0. The van der Waals surface area contributed by atoms with Gasteiger partial charge in [0.1, 0.15) is 5.78 Å². The fourth-order valence-electron chi connectivity index (χ4n) is 0.957. The summed E-state index contributed by atoms with van der Waals surface area (Å²) in [4.78, 5) is 10.7. The maximum absolute atomic E-state index is 10.7. The third-order valence-corrected chi connectivity index (χ3v) is 2.12. The third kappa shape index (κ3) is 7.50. The largest absolute Gasteiger partial charge is 0.300 e. The summed E-state index contributed by atoms with van der Waals surface area (Å²) in [5.74, 6) is 3.86. The average molecular weight is 204 g/mol. The Labute approximate surface area is 78.1 Å². The average Bonchev–Trinajstić information content (AvgIpc) is 1.81. The van der Waals surface area contributed by atoms with Crippen molar-refractivity contribution in [3.05, 3.63) is 0 Å². The lowest BCUT2D eigenvalue weighted by atomic mass is 10.1. The zero-order valence-corrected chi connectivity index (χ0v) is 8.39. The molecular weight excluding hydrogens is 192 g/mol. The minimum Gasteiger partial charge on any atom is -0.300 e. The van der Waals surface area contributed by atoms with Crippen LogP contribution in [0.25, 0.3) is 0 Å². The zero-order chi connectivity index (χ0) is 10.5. The molecular formula is C8H12O4S. The molecule has 0 rings (SSSR count). The monoisotopic (exact) mass is 204 g/mol. The molecule has 0 heterocycles. The lowest BCUT2D eigenvalue weighted by Gasteiger charge is -2.04. The van der Waals surface area contributed by atoms with E-state index in [1.54, 1.807) is 6.92 Å². The highest BCUT2D eigenvalue weighted by molar-refractivity contribution is 7.85. The normalized spacial score (nSPS) is 12.8. The predicted molar refractivity (Wildman–Crippen MR) is 48.7 cm³/mol. The molecule has 1 unspecified atom stereocenters. The van der Waals surface area contributed by atoms with E-state index >= 15 is 0 Å². The Kier molecular flexibility index (Phi) is 4.67. The molecule has 0 amide bonds. The first-order chi connectivity index (χ1) is 5.85. The van der Waals surface area contributed by atoms with Gasteiger partial charge in [0.15, 0.2) is 0 Å². The van der Waals surface area contributed by atoms with Crippen molar-refractivity contribution in [2.75, 3.05) is 5.75 Å². The van der Waals surface area contributed by atoms with E-state index in [-0.39, 0.29) is 12.2 Å². The first kappa shape index (κ1) is 12.1. The van der Waals surface area contributed by atoms with Crippen LogP contribution in [0.5, 0.6) is 0 Å². The molecule has 0 saturated heterocycles. The molecule has 0 aliphatic heterocycles. The smallest absolute Gasteiger partial charge is 0.266 e. The van der Waals surface area contributed by atoms with Crippen molar-refractivity contribution in [1.82, 2.24) is 0 Å². The Morgan fingerprint density at radius 2 is 2.08 bits per heavy atom. The van der Waals surface area contributed by atoms with E-state index in [1.807, 2.05) is 0 Å². The molecule has 1 atom stereocenters. The Bertz CT molecular complexity index is 331. The molecule has 0 aromatic rings. The van der Waals surface area contributed by atoms with E-state index in [2.05, 4.69) is 11.8 Å². The van der Waals surface area contributed by atoms with Gasteiger partial charge < -0.3 is 0 Å². The van der Waals surface area contributed by atoms with Crippen LogP contribution in [0.4, 0.5) is 0 Å². The number of Topliss-reactive ketones (excluding diaryl/α,β-unsaturated/α-hetero) is 1. The van der Waals surface area contributed by atoms with Crippen molar-refractivity contribution in [2.45, 2.75) is 20.3 Å². The summed E-state index contributed by atoms with van der Waals surface area (Å²) in [5.41, 5.74) is 0. The van der Waals surface area contributed by atoms with Crippen molar-refractivity contribution in [3.63, 3.8) is 0 Å².